The third kappa shape index (κ3) is 2.98. The van der Waals surface area contributed by atoms with Crippen LogP contribution in [0.25, 0.3) is 0 Å². The smallest absolute Gasteiger partial charge is 0.0355 e. The summed E-state index contributed by atoms with van der Waals surface area (Å²) < 4.78 is 0. The first-order chi connectivity index (χ1) is 6.97. The maximum absolute atomic E-state index is 2.48. The van der Waals surface area contributed by atoms with Gasteiger partial charge in [-0.15, -0.1) is 0 Å². The van der Waals surface area contributed by atoms with Gasteiger partial charge in [-0.3, -0.25) is 0 Å². The molecule has 0 bridgehead atoms. The monoisotopic (exact) mass is 210 g/mol. The van der Waals surface area contributed by atoms with Gasteiger partial charge in [0, 0.05) is 0 Å². The van der Waals surface area contributed by atoms with Crippen LogP contribution in [0, 0.1) is 35.5 Å². The SMILES string of the molecule is CCC1C(C)C(C)CC1C(C)CC(C)C. The lowest BCUT2D eigenvalue weighted by Crippen LogP contribution is -2.20. The summed E-state index contributed by atoms with van der Waals surface area (Å²) in [5, 5.41) is 0. The Morgan fingerprint density at radius 1 is 1.13 bits per heavy atom. The lowest BCUT2D eigenvalue weighted by Gasteiger charge is -2.28. The molecule has 0 radical (unpaired) electrons. The molecule has 1 fully saturated rings. The molecule has 0 aliphatic heterocycles. The van der Waals surface area contributed by atoms with Crippen molar-refractivity contribution in [2.24, 2.45) is 35.5 Å². The van der Waals surface area contributed by atoms with Gasteiger partial charge >= 0.3 is 0 Å². The fourth-order valence-electron chi connectivity index (χ4n) is 3.88. The van der Waals surface area contributed by atoms with Gasteiger partial charge in [0.15, 0.2) is 0 Å². The van der Waals surface area contributed by atoms with E-state index >= 15 is 0 Å². The van der Waals surface area contributed by atoms with E-state index < -0.39 is 0 Å². The molecule has 1 aliphatic rings. The van der Waals surface area contributed by atoms with E-state index in [1.54, 1.807) is 0 Å². The Hall–Kier alpha value is 0. The first-order valence-corrected chi connectivity index (χ1v) is 6.97. The molecule has 0 N–H and O–H groups in total. The molecule has 0 nitrogen and oxygen atoms in total. The average molecular weight is 210 g/mol. The largest absolute Gasteiger partial charge is 0.0651 e. The zero-order chi connectivity index (χ0) is 11.6. The minimum atomic E-state index is 0.865. The highest BCUT2D eigenvalue weighted by atomic mass is 14.4. The van der Waals surface area contributed by atoms with Gasteiger partial charge in [-0.25, -0.2) is 0 Å². The van der Waals surface area contributed by atoms with E-state index in [1.165, 1.54) is 19.3 Å². The van der Waals surface area contributed by atoms with E-state index in [9.17, 15) is 0 Å². The summed E-state index contributed by atoms with van der Waals surface area (Å²) in [5.74, 6) is 5.70. The fraction of sp³-hybridized carbons (Fsp3) is 1.00. The highest BCUT2D eigenvalue weighted by Crippen LogP contribution is 2.47. The lowest BCUT2D eigenvalue weighted by atomic mass is 9.77. The molecule has 0 heteroatoms. The Balaban J connectivity index is 2.60. The van der Waals surface area contributed by atoms with Gasteiger partial charge in [-0.05, 0) is 48.3 Å². The molecule has 1 saturated carbocycles. The highest BCUT2D eigenvalue weighted by Gasteiger charge is 2.39. The van der Waals surface area contributed by atoms with Crippen molar-refractivity contribution in [3.05, 3.63) is 0 Å². The summed E-state index contributed by atoms with van der Waals surface area (Å²) in [6, 6.07) is 0. The van der Waals surface area contributed by atoms with Crippen LogP contribution in [0.15, 0.2) is 0 Å². The number of rotatable bonds is 4. The van der Waals surface area contributed by atoms with Gasteiger partial charge in [0.2, 0.25) is 0 Å². The van der Waals surface area contributed by atoms with Crippen LogP contribution >= 0.6 is 0 Å². The Labute approximate surface area is 96.8 Å². The van der Waals surface area contributed by atoms with Crippen molar-refractivity contribution >= 4 is 0 Å². The predicted octanol–water partition coefficient (Wildman–Crippen LogP) is 4.99. The topological polar surface area (TPSA) is 0 Å². The fourth-order valence-corrected chi connectivity index (χ4v) is 3.88. The third-order valence-corrected chi connectivity index (χ3v) is 4.81. The number of hydrogen-bond donors (Lipinski definition) is 0. The molecule has 1 aliphatic carbocycles. The second kappa shape index (κ2) is 5.37. The summed E-state index contributed by atoms with van der Waals surface area (Å²) in [6.07, 6.45) is 4.28. The van der Waals surface area contributed by atoms with Crippen molar-refractivity contribution in [1.29, 1.82) is 0 Å². The highest BCUT2D eigenvalue weighted by molar-refractivity contribution is 4.88. The third-order valence-electron chi connectivity index (χ3n) is 4.81. The number of hydrogen-bond acceptors (Lipinski definition) is 0. The Bertz CT molecular complexity index is 182. The van der Waals surface area contributed by atoms with Crippen LogP contribution in [-0.2, 0) is 0 Å². The zero-order valence-corrected chi connectivity index (χ0v) is 11.6. The molecule has 0 heterocycles. The van der Waals surface area contributed by atoms with Crippen molar-refractivity contribution < 1.29 is 0 Å². The van der Waals surface area contributed by atoms with E-state index in [1.807, 2.05) is 0 Å². The molecule has 0 spiro atoms. The van der Waals surface area contributed by atoms with Crippen molar-refractivity contribution in [2.75, 3.05) is 0 Å². The summed E-state index contributed by atoms with van der Waals surface area (Å²) >= 11 is 0. The zero-order valence-electron chi connectivity index (χ0n) is 11.6. The Morgan fingerprint density at radius 2 is 1.73 bits per heavy atom. The molecule has 90 valence electrons. The van der Waals surface area contributed by atoms with E-state index in [0.717, 1.165) is 35.5 Å². The molecular weight excluding hydrogens is 180 g/mol. The van der Waals surface area contributed by atoms with Crippen molar-refractivity contribution in [3.8, 4) is 0 Å². The first kappa shape index (κ1) is 13.1. The standard InChI is InChI=1S/C15H30/c1-7-14-13(6)11(4)9-15(14)12(5)8-10(2)3/h10-15H,7-9H2,1-6H3. The predicted molar refractivity (Wildman–Crippen MR) is 68.8 cm³/mol. The van der Waals surface area contributed by atoms with E-state index in [0.29, 0.717) is 0 Å². The van der Waals surface area contributed by atoms with Gasteiger partial charge in [0.1, 0.15) is 0 Å². The Kier molecular flexibility index (Phi) is 4.67. The maximum Gasteiger partial charge on any atom is -0.0355 e. The quantitative estimate of drug-likeness (QED) is 0.613. The molecule has 0 aromatic carbocycles. The summed E-state index contributed by atoms with van der Waals surface area (Å²) in [7, 11) is 0. The molecule has 0 saturated heterocycles. The van der Waals surface area contributed by atoms with E-state index in [2.05, 4.69) is 41.5 Å². The molecule has 0 aromatic heterocycles. The second-order valence-electron chi connectivity index (χ2n) is 6.41. The van der Waals surface area contributed by atoms with E-state index in [4.69, 9.17) is 0 Å². The van der Waals surface area contributed by atoms with Gasteiger partial charge in [0.05, 0.1) is 0 Å². The van der Waals surface area contributed by atoms with Crippen molar-refractivity contribution in [1.82, 2.24) is 0 Å². The maximum atomic E-state index is 2.48. The molecule has 15 heavy (non-hydrogen) atoms. The molecular formula is C15H30. The molecule has 1 rings (SSSR count). The van der Waals surface area contributed by atoms with Crippen molar-refractivity contribution in [2.45, 2.75) is 60.8 Å². The van der Waals surface area contributed by atoms with E-state index in [-0.39, 0.29) is 0 Å². The Morgan fingerprint density at radius 3 is 2.20 bits per heavy atom. The van der Waals surface area contributed by atoms with Crippen LogP contribution < -0.4 is 0 Å². The summed E-state index contributed by atoms with van der Waals surface area (Å²) in [5.41, 5.74) is 0. The normalized spacial score (nSPS) is 38.6. The molecule has 0 amide bonds. The van der Waals surface area contributed by atoms with Crippen LogP contribution in [0.4, 0.5) is 0 Å². The second-order valence-corrected chi connectivity index (χ2v) is 6.41. The van der Waals surface area contributed by atoms with Crippen LogP contribution in [0.3, 0.4) is 0 Å². The summed E-state index contributed by atoms with van der Waals surface area (Å²) in [6.45, 7) is 14.5. The van der Waals surface area contributed by atoms with Gasteiger partial charge in [0.25, 0.3) is 0 Å². The van der Waals surface area contributed by atoms with Gasteiger partial charge in [-0.1, -0.05) is 48.0 Å². The molecule has 0 aromatic rings. The van der Waals surface area contributed by atoms with Gasteiger partial charge < -0.3 is 0 Å². The minimum Gasteiger partial charge on any atom is -0.0651 e. The van der Waals surface area contributed by atoms with Crippen LogP contribution in [0.5, 0.6) is 0 Å². The first-order valence-electron chi connectivity index (χ1n) is 6.97. The molecule has 5 unspecified atom stereocenters. The molecule has 5 atom stereocenters. The van der Waals surface area contributed by atoms with Crippen LogP contribution in [0.1, 0.15) is 60.8 Å². The van der Waals surface area contributed by atoms with Crippen LogP contribution in [-0.4, -0.2) is 0 Å². The van der Waals surface area contributed by atoms with Gasteiger partial charge in [-0.2, -0.15) is 0 Å². The summed E-state index contributed by atoms with van der Waals surface area (Å²) in [4.78, 5) is 0. The van der Waals surface area contributed by atoms with Crippen LogP contribution in [0.2, 0.25) is 0 Å². The minimum absolute atomic E-state index is 0.865. The lowest BCUT2D eigenvalue weighted by molar-refractivity contribution is 0.215. The average Bonchev–Trinajstić information content (AvgIpc) is 2.42. The van der Waals surface area contributed by atoms with Crippen molar-refractivity contribution in [3.63, 3.8) is 0 Å².